The van der Waals surface area contributed by atoms with Crippen LogP contribution in [0.15, 0.2) is 0 Å². The second kappa shape index (κ2) is 5.57. The van der Waals surface area contributed by atoms with E-state index in [1.165, 1.54) is 6.26 Å². The Morgan fingerprint density at radius 3 is 2.17 bits per heavy atom. The molecule has 0 radical (unpaired) electrons. The topological polar surface area (TPSA) is 63.7 Å². The number of hydrogen-bond donors (Lipinski definition) is 0. The summed E-state index contributed by atoms with van der Waals surface area (Å²) in [4.78, 5) is 17.0. The first-order chi connectivity index (χ1) is 8.08. The fraction of sp³-hybridized carbons (Fsp3) is 0.917. The van der Waals surface area contributed by atoms with Crippen LogP contribution in [0.3, 0.4) is 0 Å². The van der Waals surface area contributed by atoms with Gasteiger partial charge >= 0.3 is 5.97 Å². The second-order valence-corrected chi connectivity index (χ2v) is 8.28. The number of hydroxylamine groups is 2. The van der Waals surface area contributed by atoms with E-state index >= 15 is 0 Å². The Bertz CT molecular complexity index is 389. The van der Waals surface area contributed by atoms with Crippen LogP contribution in [0.1, 0.15) is 33.6 Å². The molecule has 1 aliphatic rings. The molecule has 0 aromatic carbocycles. The van der Waals surface area contributed by atoms with Crippen molar-refractivity contribution in [3.63, 3.8) is 0 Å². The molecule has 0 atom stereocenters. The molecule has 1 saturated heterocycles. The fourth-order valence-corrected chi connectivity index (χ4v) is 3.04. The molecule has 0 saturated carbocycles. The van der Waals surface area contributed by atoms with Crippen molar-refractivity contribution in [2.75, 3.05) is 25.1 Å². The summed E-state index contributed by atoms with van der Waals surface area (Å²) in [5, 5.41) is 1.65. The third kappa shape index (κ3) is 5.35. The number of piperidine rings is 1. The van der Waals surface area contributed by atoms with Gasteiger partial charge in [0.05, 0.1) is 11.2 Å². The van der Waals surface area contributed by atoms with Gasteiger partial charge in [-0.3, -0.25) is 0 Å². The summed E-state index contributed by atoms with van der Waals surface area (Å²) < 4.78 is 22.4. The van der Waals surface area contributed by atoms with Gasteiger partial charge in [0, 0.05) is 19.3 Å². The van der Waals surface area contributed by atoms with Crippen LogP contribution in [-0.2, 0) is 19.5 Å². The number of nitrogens with zero attached hydrogens (tertiary/aromatic N) is 1. The summed E-state index contributed by atoms with van der Waals surface area (Å²) >= 11 is 0. The van der Waals surface area contributed by atoms with Gasteiger partial charge in [0.25, 0.3) is 0 Å². The molecule has 6 heteroatoms. The summed E-state index contributed by atoms with van der Waals surface area (Å²) in [7, 11) is -2.91. The van der Waals surface area contributed by atoms with Crippen LogP contribution >= 0.6 is 0 Å². The monoisotopic (exact) mass is 277 g/mol. The Hall–Kier alpha value is -0.620. The van der Waals surface area contributed by atoms with Crippen molar-refractivity contribution >= 4 is 15.8 Å². The lowest BCUT2D eigenvalue weighted by molar-refractivity contribution is -0.205. The van der Waals surface area contributed by atoms with E-state index in [-0.39, 0.29) is 17.6 Å². The summed E-state index contributed by atoms with van der Waals surface area (Å²) in [6, 6.07) is 0. The second-order valence-electron chi connectivity index (χ2n) is 6.09. The van der Waals surface area contributed by atoms with Crippen LogP contribution in [0.5, 0.6) is 0 Å². The summed E-state index contributed by atoms with van der Waals surface area (Å²) in [5.41, 5.74) is -0.510. The quantitative estimate of drug-likeness (QED) is 0.777. The zero-order valence-electron chi connectivity index (χ0n) is 11.6. The molecular weight excluding hydrogens is 254 g/mol. The molecule has 0 aromatic heterocycles. The zero-order valence-corrected chi connectivity index (χ0v) is 12.4. The van der Waals surface area contributed by atoms with Crippen LogP contribution in [0.2, 0.25) is 0 Å². The average Bonchev–Trinajstić information content (AvgIpc) is 2.17. The molecule has 106 valence electrons. The van der Waals surface area contributed by atoms with E-state index in [9.17, 15) is 13.2 Å². The Morgan fingerprint density at radius 1 is 1.28 bits per heavy atom. The Balaban J connectivity index is 2.39. The third-order valence-corrected chi connectivity index (χ3v) is 4.01. The number of rotatable bonds is 3. The predicted octanol–water partition coefficient (Wildman–Crippen LogP) is 1.25. The van der Waals surface area contributed by atoms with Crippen LogP contribution in [0.4, 0.5) is 0 Å². The van der Waals surface area contributed by atoms with Gasteiger partial charge in [-0.15, -0.1) is 5.06 Å². The minimum absolute atomic E-state index is 0.185. The standard InChI is InChI=1S/C12H23NO4S/c1-12(2,3)11(14)17-13-7-5-10(6-8-13)9-18(4,15)16/h10H,5-9H2,1-4H3. The lowest BCUT2D eigenvalue weighted by Gasteiger charge is -2.31. The largest absolute Gasteiger partial charge is 0.367 e. The highest BCUT2D eigenvalue weighted by molar-refractivity contribution is 7.90. The van der Waals surface area contributed by atoms with E-state index in [1.54, 1.807) is 5.06 Å². The SMILES string of the molecule is CC(C)(C)C(=O)ON1CCC(CS(C)(=O)=O)CC1. The molecule has 0 bridgehead atoms. The van der Waals surface area contributed by atoms with Crippen molar-refractivity contribution in [3.05, 3.63) is 0 Å². The van der Waals surface area contributed by atoms with Gasteiger partial charge in [0.1, 0.15) is 9.84 Å². The fourth-order valence-electron chi connectivity index (χ4n) is 1.85. The average molecular weight is 277 g/mol. The Labute approximate surface area is 109 Å². The van der Waals surface area contributed by atoms with E-state index in [0.29, 0.717) is 13.1 Å². The number of hydrogen-bond acceptors (Lipinski definition) is 5. The van der Waals surface area contributed by atoms with Gasteiger partial charge in [-0.05, 0) is 39.5 Å². The maximum absolute atomic E-state index is 11.7. The third-order valence-electron chi connectivity index (χ3n) is 2.94. The van der Waals surface area contributed by atoms with Gasteiger partial charge in [-0.2, -0.15) is 0 Å². The normalized spacial score (nSPS) is 19.8. The van der Waals surface area contributed by atoms with Crippen molar-refractivity contribution in [2.24, 2.45) is 11.3 Å². The molecule has 0 unspecified atom stereocenters. The first kappa shape index (κ1) is 15.4. The van der Waals surface area contributed by atoms with Gasteiger partial charge in [-0.1, -0.05) is 0 Å². The van der Waals surface area contributed by atoms with Gasteiger partial charge in [0.15, 0.2) is 0 Å². The van der Waals surface area contributed by atoms with E-state index in [1.807, 2.05) is 20.8 Å². The first-order valence-corrected chi connectivity index (χ1v) is 8.29. The first-order valence-electron chi connectivity index (χ1n) is 6.23. The maximum Gasteiger partial charge on any atom is 0.330 e. The molecule has 1 rings (SSSR count). The molecule has 0 N–H and O–H groups in total. The summed E-state index contributed by atoms with van der Waals surface area (Å²) in [6.45, 7) is 6.66. The highest BCUT2D eigenvalue weighted by atomic mass is 32.2. The maximum atomic E-state index is 11.7. The van der Waals surface area contributed by atoms with E-state index in [0.717, 1.165) is 12.8 Å². The minimum atomic E-state index is -2.91. The van der Waals surface area contributed by atoms with E-state index in [2.05, 4.69) is 0 Å². The molecular formula is C12H23NO4S. The highest BCUT2D eigenvalue weighted by Crippen LogP contribution is 2.21. The molecule has 1 aliphatic heterocycles. The smallest absolute Gasteiger partial charge is 0.330 e. The van der Waals surface area contributed by atoms with Gasteiger partial charge < -0.3 is 4.84 Å². The minimum Gasteiger partial charge on any atom is -0.367 e. The Kier molecular flexibility index (Phi) is 4.78. The van der Waals surface area contributed by atoms with Crippen molar-refractivity contribution in [1.29, 1.82) is 0 Å². The number of carbonyl (C=O) groups excluding carboxylic acids is 1. The molecule has 0 aromatic rings. The van der Waals surface area contributed by atoms with Crippen molar-refractivity contribution < 1.29 is 18.0 Å². The van der Waals surface area contributed by atoms with Gasteiger partial charge in [0.2, 0.25) is 0 Å². The van der Waals surface area contributed by atoms with E-state index < -0.39 is 15.3 Å². The Morgan fingerprint density at radius 2 is 1.78 bits per heavy atom. The summed E-state index contributed by atoms with van der Waals surface area (Å²) in [6.07, 6.45) is 2.77. The van der Waals surface area contributed by atoms with Crippen molar-refractivity contribution in [3.8, 4) is 0 Å². The lowest BCUT2D eigenvalue weighted by atomic mass is 9.97. The van der Waals surface area contributed by atoms with Crippen LogP contribution in [-0.4, -0.2) is 44.5 Å². The molecule has 0 amide bonds. The highest BCUT2D eigenvalue weighted by Gasteiger charge is 2.29. The van der Waals surface area contributed by atoms with Crippen molar-refractivity contribution in [2.45, 2.75) is 33.6 Å². The van der Waals surface area contributed by atoms with Crippen molar-refractivity contribution in [1.82, 2.24) is 5.06 Å². The van der Waals surface area contributed by atoms with Crippen LogP contribution in [0.25, 0.3) is 0 Å². The number of carbonyl (C=O) groups is 1. The number of sulfone groups is 1. The summed E-state index contributed by atoms with van der Waals surface area (Å²) in [5.74, 6) is 0.169. The lowest BCUT2D eigenvalue weighted by Crippen LogP contribution is -2.39. The predicted molar refractivity (Wildman–Crippen MR) is 69.6 cm³/mol. The zero-order chi connectivity index (χ0) is 14.0. The van der Waals surface area contributed by atoms with Crippen LogP contribution in [0, 0.1) is 11.3 Å². The molecule has 0 spiro atoms. The van der Waals surface area contributed by atoms with Crippen LogP contribution < -0.4 is 0 Å². The molecule has 1 fully saturated rings. The molecule has 0 aliphatic carbocycles. The van der Waals surface area contributed by atoms with E-state index in [4.69, 9.17) is 4.84 Å². The molecule has 1 heterocycles. The molecule has 5 nitrogen and oxygen atoms in total. The molecule has 18 heavy (non-hydrogen) atoms. The van der Waals surface area contributed by atoms with Gasteiger partial charge in [-0.25, -0.2) is 13.2 Å².